The first-order valence-corrected chi connectivity index (χ1v) is 7.53. The van der Waals surface area contributed by atoms with Crippen molar-refractivity contribution in [2.75, 3.05) is 13.1 Å². The fraction of sp³-hybridized carbons (Fsp3) is 0.111. The summed E-state index contributed by atoms with van der Waals surface area (Å²) < 4.78 is 13.2. The smallest absolute Gasteiger partial charge is 0.267 e. The van der Waals surface area contributed by atoms with Gasteiger partial charge in [-0.25, -0.2) is 4.39 Å². The van der Waals surface area contributed by atoms with E-state index in [9.17, 15) is 14.0 Å². The number of amides is 2. The normalized spacial score (nSPS) is 10.5. The summed E-state index contributed by atoms with van der Waals surface area (Å²) in [6.45, 7) is 0.607. The summed E-state index contributed by atoms with van der Waals surface area (Å²) in [6, 6.07) is 14.7. The second-order valence-electron chi connectivity index (χ2n) is 5.29. The number of fused-ring (bicyclic) bond motifs is 1. The largest absolute Gasteiger partial charge is 0.351 e. The Bertz CT molecular complexity index is 874. The molecule has 0 saturated heterocycles. The molecule has 6 heteroatoms. The number of aromatic amines is 1. The predicted octanol–water partition coefficient (Wildman–Crippen LogP) is 2.47. The molecule has 1 aromatic heterocycles. The molecule has 1 heterocycles. The molecular formula is C18H16FN3O2. The number of aromatic nitrogens is 1. The summed E-state index contributed by atoms with van der Waals surface area (Å²) in [5, 5.41) is 6.07. The van der Waals surface area contributed by atoms with Crippen molar-refractivity contribution in [3.8, 4) is 0 Å². The van der Waals surface area contributed by atoms with E-state index in [4.69, 9.17) is 0 Å². The first-order chi connectivity index (χ1) is 11.6. The molecule has 3 rings (SSSR count). The van der Waals surface area contributed by atoms with Crippen LogP contribution in [0.25, 0.3) is 10.9 Å². The molecule has 3 N–H and O–H groups in total. The van der Waals surface area contributed by atoms with Crippen LogP contribution in [0.3, 0.4) is 0 Å². The van der Waals surface area contributed by atoms with E-state index in [1.54, 1.807) is 36.4 Å². The van der Waals surface area contributed by atoms with Gasteiger partial charge < -0.3 is 15.6 Å². The van der Waals surface area contributed by atoms with Crippen molar-refractivity contribution in [2.45, 2.75) is 0 Å². The predicted molar refractivity (Wildman–Crippen MR) is 89.4 cm³/mol. The van der Waals surface area contributed by atoms with Gasteiger partial charge in [0, 0.05) is 29.6 Å². The van der Waals surface area contributed by atoms with Gasteiger partial charge in [-0.15, -0.1) is 0 Å². The number of rotatable bonds is 5. The van der Waals surface area contributed by atoms with Gasteiger partial charge in [0.15, 0.2) is 0 Å². The maximum Gasteiger partial charge on any atom is 0.267 e. The molecule has 0 aliphatic heterocycles. The maximum atomic E-state index is 13.2. The minimum atomic E-state index is -0.350. The molecule has 3 aromatic rings. The van der Waals surface area contributed by atoms with Gasteiger partial charge in [0.2, 0.25) is 0 Å². The molecule has 0 aliphatic carbocycles. The molecule has 5 nitrogen and oxygen atoms in total. The number of carbonyl (C=O) groups is 2. The molecule has 2 aromatic carbocycles. The van der Waals surface area contributed by atoms with Crippen LogP contribution in [0.2, 0.25) is 0 Å². The Morgan fingerprint density at radius 2 is 1.62 bits per heavy atom. The van der Waals surface area contributed by atoms with E-state index in [-0.39, 0.29) is 17.6 Å². The highest BCUT2D eigenvalue weighted by molar-refractivity contribution is 5.98. The number of benzene rings is 2. The molecule has 0 fully saturated rings. The van der Waals surface area contributed by atoms with Crippen LogP contribution >= 0.6 is 0 Å². The lowest BCUT2D eigenvalue weighted by Crippen LogP contribution is -2.34. The molecule has 0 saturated carbocycles. The summed E-state index contributed by atoms with van der Waals surface area (Å²) in [5.74, 6) is -0.844. The molecule has 0 atom stereocenters. The number of H-pyrrole nitrogens is 1. The molecule has 0 radical (unpaired) electrons. The van der Waals surface area contributed by atoms with Crippen molar-refractivity contribution in [1.29, 1.82) is 0 Å². The highest BCUT2D eigenvalue weighted by atomic mass is 19.1. The second kappa shape index (κ2) is 6.95. The van der Waals surface area contributed by atoms with Crippen molar-refractivity contribution in [1.82, 2.24) is 15.6 Å². The maximum absolute atomic E-state index is 13.2. The molecule has 0 spiro atoms. The molecule has 0 unspecified atom stereocenters. The summed E-state index contributed by atoms with van der Waals surface area (Å²) in [4.78, 5) is 26.8. The zero-order chi connectivity index (χ0) is 16.9. The van der Waals surface area contributed by atoms with Crippen LogP contribution in [0.15, 0.2) is 54.6 Å². The van der Waals surface area contributed by atoms with Crippen LogP contribution in [0.5, 0.6) is 0 Å². The molecule has 24 heavy (non-hydrogen) atoms. The van der Waals surface area contributed by atoms with E-state index >= 15 is 0 Å². The first kappa shape index (κ1) is 15.7. The van der Waals surface area contributed by atoms with Crippen LogP contribution in [0.4, 0.5) is 4.39 Å². The van der Waals surface area contributed by atoms with Gasteiger partial charge >= 0.3 is 0 Å². The topological polar surface area (TPSA) is 74.0 Å². The van der Waals surface area contributed by atoms with Gasteiger partial charge in [-0.3, -0.25) is 9.59 Å². The minimum absolute atomic E-state index is 0.189. The van der Waals surface area contributed by atoms with Crippen LogP contribution in [-0.2, 0) is 0 Å². The van der Waals surface area contributed by atoms with E-state index in [2.05, 4.69) is 15.6 Å². The number of halogens is 1. The summed E-state index contributed by atoms with van der Waals surface area (Å²) in [7, 11) is 0. The quantitative estimate of drug-likeness (QED) is 0.631. The monoisotopic (exact) mass is 325 g/mol. The van der Waals surface area contributed by atoms with Crippen molar-refractivity contribution < 1.29 is 14.0 Å². The minimum Gasteiger partial charge on any atom is -0.351 e. The lowest BCUT2D eigenvalue weighted by molar-refractivity contribution is 0.0925. The Morgan fingerprint density at radius 1 is 0.917 bits per heavy atom. The lowest BCUT2D eigenvalue weighted by atomic mass is 10.2. The van der Waals surface area contributed by atoms with Gasteiger partial charge in [-0.1, -0.05) is 18.2 Å². The molecular weight excluding hydrogens is 309 g/mol. The zero-order valence-corrected chi connectivity index (χ0v) is 12.8. The highest BCUT2D eigenvalue weighted by Crippen LogP contribution is 2.16. The third-order valence-electron chi connectivity index (χ3n) is 3.56. The summed E-state index contributed by atoms with van der Waals surface area (Å²) in [6.07, 6.45) is 0. The summed E-state index contributed by atoms with van der Waals surface area (Å²) in [5.41, 5.74) is 1.62. The van der Waals surface area contributed by atoms with Gasteiger partial charge in [0.1, 0.15) is 11.5 Å². The third kappa shape index (κ3) is 3.60. The Morgan fingerprint density at radius 3 is 2.38 bits per heavy atom. The van der Waals surface area contributed by atoms with Gasteiger partial charge in [-0.05, 0) is 36.4 Å². The van der Waals surface area contributed by atoms with Crippen LogP contribution in [0, 0.1) is 5.82 Å². The highest BCUT2D eigenvalue weighted by Gasteiger charge is 2.10. The number of carbonyl (C=O) groups excluding carboxylic acids is 2. The third-order valence-corrected chi connectivity index (χ3v) is 3.56. The Kier molecular flexibility index (Phi) is 4.56. The molecule has 2 amide bonds. The second-order valence-corrected chi connectivity index (χ2v) is 5.29. The fourth-order valence-corrected chi connectivity index (χ4v) is 2.36. The standard InChI is InChI=1S/C18H16FN3O2/c19-14-6-7-15-13(10-14)11-16(22-15)18(24)21-9-8-20-17(23)12-4-2-1-3-5-12/h1-7,10-11,22H,8-9H2,(H,20,23)(H,21,24). The van der Waals surface area contributed by atoms with E-state index in [1.807, 2.05) is 6.07 Å². The molecule has 0 bridgehead atoms. The van der Waals surface area contributed by atoms with Gasteiger partial charge in [0.25, 0.3) is 11.8 Å². The Hall–Kier alpha value is -3.15. The van der Waals surface area contributed by atoms with Crippen LogP contribution in [0.1, 0.15) is 20.8 Å². The molecule has 0 aliphatic rings. The van der Waals surface area contributed by atoms with E-state index < -0.39 is 0 Å². The number of hydrogen-bond donors (Lipinski definition) is 3. The number of hydrogen-bond acceptors (Lipinski definition) is 2. The van der Waals surface area contributed by atoms with Crippen molar-refractivity contribution >= 4 is 22.7 Å². The Labute approximate surface area is 137 Å². The lowest BCUT2D eigenvalue weighted by Gasteiger charge is -2.06. The van der Waals surface area contributed by atoms with Gasteiger partial charge in [-0.2, -0.15) is 0 Å². The SMILES string of the molecule is O=C(NCCNC(=O)c1cc2cc(F)ccc2[nH]1)c1ccccc1. The fourth-order valence-electron chi connectivity index (χ4n) is 2.36. The van der Waals surface area contributed by atoms with Crippen LogP contribution in [-0.4, -0.2) is 29.9 Å². The van der Waals surface area contributed by atoms with Crippen molar-refractivity contribution in [3.05, 3.63) is 71.7 Å². The van der Waals surface area contributed by atoms with Crippen molar-refractivity contribution in [2.24, 2.45) is 0 Å². The summed E-state index contributed by atoms with van der Waals surface area (Å²) >= 11 is 0. The first-order valence-electron chi connectivity index (χ1n) is 7.53. The average molecular weight is 325 g/mol. The van der Waals surface area contributed by atoms with Crippen molar-refractivity contribution in [3.63, 3.8) is 0 Å². The zero-order valence-electron chi connectivity index (χ0n) is 12.8. The van der Waals surface area contributed by atoms with Gasteiger partial charge in [0.05, 0.1) is 0 Å². The number of nitrogens with one attached hydrogen (secondary N) is 3. The van der Waals surface area contributed by atoms with E-state index in [1.165, 1.54) is 12.1 Å². The van der Waals surface area contributed by atoms with Crippen LogP contribution < -0.4 is 10.6 Å². The molecule has 122 valence electrons. The van der Waals surface area contributed by atoms with E-state index in [0.29, 0.717) is 35.2 Å². The Balaban J connectivity index is 1.51. The average Bonchev–Trinajstić information content (AvgIpc) is 3.02. The van der Waals surface area contributed by atoms with E-state index in [0.717, 1.165) is 0 Å².